The van der Waals surface area contributed by atoms with Gasteiger partial charge in [-0.1, -0.05) is 18.2 Å². The van der Waals surface area contributed by atoms with Crippen molar-refractivity contribution in [1.82, 2.24) is 0 Å². The Morgan fingerprint density at radius 1 is 1.09 bits per heavy atom. The molecule has 1 aromatic rings. The molecule has 4 fully saturated rings. The quantitative estimate of drug-likeness (QED) is 0.724. The van der Waals surface area contributed by atoms with Crippen LogP contribution >= 0.6 is 0 Å². The normalized spacial score (nSPS) is 34.9. The molecule has 4 saturated carbocycles. The molecule has 4 bridgehead atoms. The number of rotatable bonds is 5. The first kappa shape index (κ1) is 15.0. The molecule has 5 rings (SSSR count). The summed E-state index contributed by atoms with van der Waals surface area (Å²) in [6.45, 7) is 2.66. The van der Waals surface area contributed by atoms with Gasteiger partial charge in [-0.05, 0) is 87.0 Å². The standard InChI is InChI=1S/C21H26O2/c1-2-23-19-6-3-15(4-7-19)5-8-20(22)21-12-16-9-17(13-21)11-18(10-16)14-21/h3-8,16-18H,2,9-14H2,1H3/b8-5+. The largest absolute Gasteiger partial charge is 0.494 e. The highest BCUT2D eigenvalue weighted by Gasteiger charge is 2.53. The highest BCUT2D eigenvalue weighted by molar-refractivity contribution is 5.98. The van der Waals surface area contributed by atoms with Crippen molar-refractivity contribution in [3.8, 4) is 5.75 Å². The monoisotopic (exact) mass is 310 g/mol. The molecule has 4 aliphatic rings. The lowest BCUT2D eigenvalue weighted by Crippen LogP contribution is -2.49. The molecule has 2 heteroatoms. The highest BCUT2D eigenvalue weighted by atomic mass is 16.5. The zero-order chi connectivity index (χ0) is 15.9. The maximum Gasteiger partial charge on any atom is 0.161 e. The zero-order valence-electron chi connectivity index (χ0n) is 14.0. The van der Waals surface area contributed by atoms with Crippen molar-refractivity contribution >= 4 is 11.9 Å². The Morgan fingerprint density at radius 2 is 1.65 bits per heavy atom. The molecule has 0 aromatic heterocycles. The van der Waals surface area contributed by atoms with E-state index in [1.54, 1.807) is 0 Å². The van der Waals surface area contributed by atoms with E-state index in [1.807, 2.05) is 43.3 Å². The molecule has 0 radical (unpaired) electrons. The van der Waals surface area contributed by atoms with E-state index >= 15 is 0 Å². The van der Waals surface area contributed by atoms with Crippen LogP contribution in [0, 0.1) is 23.2 Å². The second-order valence-electron chi connectivity index (χ2n) is 7.90. The van der Waals surface area contributed by atoms with Crippen molar-refractivity contribution in [2.45, 2.75) is 45.4 Å². The van der Waals surface area contributed by atoms with Crippen LogP contribution in [-0.4, -0.2) is 12.4 Å². The molecule has 0 amide bonds. The molecule has 122 valence electrons. The van der Waals surface area contributed by atoms with Gasteiger partial charge in [0.15, 0.2) is 5.78 Å². The fourth-order valence-electron chi connectivity index (χ4n) is 5.60. The molecule has 2 nitrogen and oxygen atoms in total. The van der Waals surface area contributed by atoms with Crippen LogP contribution in [0.2, 0.25) is 0 Å². The van der Waals surface area contributed by atoms with E-state index in [0.29, 0.717) is 12.4 Å². The molecule has 0 unspecified atom stereocenters. The summed E-state index contributed by atoms with van der Waals surface area (Å²) in [6, 6.07) is 7.99. The SMILES string of the molecule is CCOc1ccc(/C=C/C(=O)C23CC4CC(CC(C4)C2)C3)cc1. The van der Waals surface area contributed by atoms with Crippen LogP contribution in [-0.2, 0) is 4.79 Å². The number of hydrogen-bond donors (Lipinski definition) is 0. The van der Waals surface area contributed by atoms with E-state index in [1.165, 1.54) is 19.3 Å². The molecule has 23 heavy (non-hydrogen) atoms. The van der Waals surface area contributed by atoms with Gasteiger partial charge in [-0.2, -0.15) is 0 Å². The lowest BCUT2D eigenvalue weighted by Gasteiger charge is -2.55. The van der Waals surface area contributed by atoms with Crippen LogP contribution in [0.3, 0.4) is 0 Å². The summed E-state index contributed by atoms with van der Waals surface area (Å²) in [6.07, 6.45) is 11.4. The average molecular weight is 310 g/mol. The smallest absolute Gasteiger partial charge is 0.161 e. The van der Waals surface area contributed by atoms with Gasteiger partial charge in [-0.25, -0.2) is 0 Å². The predicted octanol–water partition coefficient (Wildman–Crippen LogP) is 4.88. The van der Waals surface area contributed by atoms with Gasteiger partial charge in [0.25, 0.3) is 0 Å². The maximum atomic E-state index is 12.9. The van der Waals surface area contributed by atoms with Crippen molar-refractivity contribution in [1.29, 1.82) is 0 Å². The Bertz CT molecular complexity index is 576. The van der Waals surface area contributed by atoms with E-state index in [0.717, 1.165) is 48.3 Å². The molecular formula is C21H26O2. The van der Waals surface area contributed by atoms with E-state index in [2.05, 4.69) is 0 Å². The minimum absolute atomic E-state index is 0.0173. The Hall–Kier alpha value is -1.57. The van der Waals surface area contributed by atoms with Gasteiger partial charge in [-0.15, -0.1) is 0 Å². The summed E-state index contributed by atoms with van der Waals surface area (Å²) in [7, 11) is 0. The van der Waals surface area contributed by atoms with E-state index in [-0.39, 0.29) is 5.41 Å². The van der Waals surface area contributed by atoms with Crippen LogP contribution < -0.4 is 4.74 Å². The number of ether oxygens (including phenoxy) is 1. The van der Waals surface area contributed by atoms with Crippen molar-refractivity contribution in [2.24, 2.45) is 23.2 Å². The number of allylic oxidation sites excluding steroid dienone is 1. The van der Waals surface area contributed by atoms with Gasteiger partial charge in [0.1, 0.15) is 5.75 Å². The summed E-state index contributed by atoms with van der Waals surface area (Å²) < 4.78 is 5.46. The molecule has 0 saturated heterocycles. The molecule has 0 aliphatic heterocycles. The maximum absolute atomic E-state index is 12.9. The highest BCUT2D eigenvalue weighted by Crippen LogP contribution is 2.60. The number of carbonyl (C=O) groups is 1. The van der Waals surface area contributed by atoms with Crippen molar-refractivity contribution in [2.75, 3.05) is 6.61 Å². The number of ketones is 1. The second kappa shape index (κ2) is 5.81. The topological polar surface area (TPSA) is 26.3 Å². The van der Waals surface area contributed by atoms with Crippen LogP contribution in [0.25, 0.3) is 6.08 Å². The molecule has 4 aliphatic carbocycles. The van der Waals surface area contributed by atoms with Crippen molar-refractivity contribution in [3.05, 3.63) is 35.9 Å². The van der Waals surface area contributed by atoms with Crippen LogP contribution in [0.5, 0.6) is 5.75 Å². The predicted molar refractivity (Wildman–Crippen MR) is 92.3 cm³/mol. The van der Waals surface area contributed by atoms with Gasteiger partial charge >= 0.3 is 0 Å². The van der Waals surface area contributed by atoms with E-state index in [4.69, 9.17) is 4.74 Å². The summed E-state index contributed by atoms with van der Waals surface area (Å²) >= 11 is 0. The summed E-state index contributed by atoms with van der Waals surface area (Å²) in [4.78, 5) is 12.9. The van der Waals surface area contributed by atoms with Gasteiger partial charge in [0.05, 0.1) is 6.61 Å². The zero-order valence-corrected chi connectivity index (χ0v) is 14.0. The fraction of sp³-hybridized carbons (Fsp3) is 0.571. The van der Waals surface area contributed by atoms with Crippen molar-refractivity contribution in [3.63, 3.8) is 0 Å². The Kier molecular flexibility index (Phi) is 3.79. The number of hydrogen-bond acceptors (Lipinski definition) is 2. The number of carbonyl (C=O) groups excluding carboxylic acids is 1. The first-order valence-electron chi connectivity index (χ1n) is 9.12. The first-order valence-corrected chi connectivity index (χ1v) is 9.12. The Labute approximate surface area is 138 Å². The Morgan fingerprint density at radius 3 is 2.17 bits per heavy atom. The van der Waals surface area contributed by atoms with Gasteiger partial charge in [0.2, 0.25) is 0 Å². The average Bonchev–Trinajstić information content (AvgIpc) is 2.53. The lowest BCUT2D eigenvalue weighted by atomic mass is 9.48. The first-order chi connectivity index (χ1) is 11.2. The van der Waals surface area contributed by atoms with Crippen LogP contribution in [0.15, 0.2) is 30.3 Å². The fourth-order valence-corrected chi connectivity index (χ4v) is 5.60. The van der Waals surface area contributed by atoms with E-state index < -0.39 is 0 Å². The molecular weight excluding hydrogens is 284 g/mol. The molecule has 0 spiro atoms. The summed E-state index contributed by atoms with van der Waals surface area (Å²) in [5.41, 5.74) is 1.06. The third-order valence-electron chi connectivity index (χ3n) is 6.18. The van der Waals surface area contributed by atoms with Crippen LogP contribution in [0.4, 0.5) is 0 Å². The van der Waals surface area contributed by atoms with Gasteiger partial charge in [-0.3, -0.25) is 4.79 Å². The van der Waals surface area contributed by atoms with Crippen molar-refractivity contribution < 1.29 is 9.53 Å². The minimum atomic E-state index is -0.0173. The summed E-state index contributed by atoms with van der Waals surface area (Å²) in [5.74, 6) is 3.74. The van der Waals surface area contributed by atoms with E-state index in [9.17, 15) is 4.79 Å². The molecule has 1 aromatic carbocycles. The molecule has 0 N–H and O–H groups in total. The lowest BCUT2D eigenvalue weighted by molar-refractivity contribution is -0.138. The third-order valence-corrected chi connectivity index (χ3v) is 6.18. The third kappa shape index (κ3) is 2.84. The van der Waals surface area contributed by atoms with Gasteiger partial charge in [0, 0.05) is 5.41 Å². The molecule has 0 atom stereocenters. The number of benzene rings is 1. The van der Waals surface area contributed by atoms with Crippen LogP contribution in [0.1, 0.15) is 51.0 Å². The summed E-state index contributed by atoms with van der Waals surface area (Å²) in [5, 5.41) is 0. The molecule has 0 heterocycles. The minimum Gasteiger partial charge on any atom is -0.494 e. The second-order valence-corrected chi connectivity index (χ2v) is 7.90. The Balaban J connectivity index is 1.47. The van der Waals surface area contributed by atoms with Gasteiger partial charge < -0.3 is 4.74 Å².